The average Bonchev–Trinajstić information content (AvgIpc) is 2.83. The van der Waals surface area contributed by atoms with E-state index in [-0.39, 0.29) is 5.91 Å². The minimum atomic E-state index is -0.210. The predicted octanol–water partition coefficient (Wildman–Crippen LogP) is 4.11. The first-order valence-electron chi connectivity index (χ1n) is 7.44. The van der Waals surface area contributed by atoms with Crippen LogP contribution in [0.2, 0.25) is 0 Å². The number of hydrogen-bond acceptors (Lipinski definition) is 2. The monoisotopic (exact) mass is 322 g/mol. The third-order valence-electron chi connectivity index (χ3n) is 3.74. The van der Waals surface area contributed by atoms with Gasteiger partial charge in [-0.05, 0) is 31.5 Å². The van der Waals surface area contributed by atoms with Crippen LogP contribution >= 0.6 is 11.3 Å². The Bertz CT molecular complexity index is 903. The average molecular weight is 322 g/mol. The lowest BCUT2D eigenvalue weighted by atomic mass is 10.1. The number of carbonyl (C=O) groups excluding carboxylic acids is 1. The fourth-order valence-corrected chi connectivity index (χ4v) is 3.51. The van der Waals surface area contributed by atoms with Gasteiger partial charge in [0.15, 0.2) is 4.80 Å². The summed E-state index contributed by atoms with van der Waals surface area (Å²) in [6.45, 7) is 4.13. The number of aromatic nitrogens is 1. The smallest absolute Gasteiger partial charge is 0.279 e. The molecule has 0 radical (unpaired) electrons. The van der Waals surface area contributed by atoms with Crippen LogP contribution in [0.5, 0.6) is 0 Å². The number of aryl methyl sites for hydroxylation is 2. The number of rotatable bonds is 2. The zero-order valence-electron chi connectivity index (χ0n) is 13.4. The molecule has 0 unspecified atom stereocenters. The Hall–Kier alpha value is -2.46. The Morgan fingerprint density at radius 3 is 2.30 bits per heavy atom. The van der Waals surface area contributed by atoms with E-state index in [9.17, 15) is 4.79 Å². The van der Waals surface area contributed by atoms with E-state index >= 15 is 0 Å². The molecule has 3 rings (SSSR count). The van der Waals surface area contributed by atoms with Crippen molar-refractivity contribution >= 4 is 17.2 Å². The highest BCUT2D eigenvalue weighted by molar-refractivity contribution is 7.09. The van der Waals surface area contributed by atoms with Gasteiger partial charge in [-0.15, -0.1) is 11.3 Å². The van der Waals surface area contributed by atoms with Crippen molar-refractivity contribution in [3.63, 3.8) is 0 Å². The van der Waals surface area contributed by atoms with Gasteiger partial charge in [-0.1, -0.05) is 48.0 Å². The maximum absolute atomic E-state index is 12.3. The fraction of sp³-hybridized carbons (Fsp3) is 0.158. The van der Waals surface area contributed by atoms with Gasteiger partial charge in [0.2, 0.25) is 0 Å². The number of thiazole rings is 1. The lowest BCUT2D eigenvalue weighted by molar-refractivity contribution is 0.0998. The van der Waals surface area contributed by atoms with E-state index in [2.05, 4.69) is 43.1 Å². The van der Waals surface area contributed by atoms with E-state index in [1.165, 1.54) is 16.9 Å². The molecule has 3 nitrogen and oxygen atoms in total. The largest absolute Gasteiger partial charge is 0.319 e. The van der Waals surface area contributed by atoms with Gasteiger partial charge >= 0.3 is 0 Å². The highest BCUT2D eigenvalue weighted by Crippen LogP contribution is 2.24. The number of carbonyl (C=O) groups is 1. The van der Waals surface area contributed by atoms with Crippen molar-refractivity contribution in [3.8, 4) is 11.3 Å². The molecule has 23 heavy (non-hydrogen) atoms. The SMILES string of the molecule is Cc1ccc(-c2c(C)sc(=NC(=O)c3ccccc3)n2C)cc1. The second-order valence-electron chi connectivity index (χ2n) is 5.50. The van der Waals surface area contributed by atoms with Gasteiger partial charge in [0.05, 0.1) is 5.69 Å². The highest BCUT2D eigenvalue weighted by Gasteiger charge is 2.11. The molecule has 4 heteroatoms. The molecule has 0 N–H and O–H groups in total. The fourth-order valence-electron chi connectivity index (χ4n) is 2.52. The van der Waals surface area contributed by atoms with Gasteiger partial charge in [-0.3, -0.25) is 4.79 Å². The lowest BCUT2D eigenvalue weighted by Gasteiger charge is -2.05. The van der Waals surface area contributed by atoms with Crippen LogP contribution < -0.4 is 4.80 Å². The third kappa shape index (κ3) is 3.17. The molecule has 0 spiro atoms. The molecule has 0 saturated carbocycles. The zero-order chi connectivity index (χ0) is 16.4. The maximum atomic E-state index is 12.3. The Morgan fingerprint density at radius 1 is 1.00 bits per heavy atom. The number of hydrogen-bond donors (Lipinski definition) is 0. The van der Waals surface area contributed by atoms with Crippen molar-refractivity contribution in [1.29, 1.82) is 0 Å². The van der Waals surface area contributed by atoms with Crippen molar-refractivity contribution in [2.24, 2.45) is 12.0 Å². The van der Waals surface area contributed by atoms with Crippen LogP contribution in [-0.4, -0.2) is 10.5 Å². The zero-order valence-corrected chi connectivity index (χ0v) is 14.2. The molecule has 1 aromatic heterocycles. The second kappa shape index (κ2) is 6.34. The number of amides is 1. The summed E-state index contributed by atoms with van der Waals surface area (Å²) in [7, 11) is 1.95. The van der Waals surface area contributed by atoms with Crippen molar-refractivity contribution < 1.29 is 4.79 Å². The summed E-state index contributed by atoms with van der Waals surface area (Å²) in [5.74, 6) is -0.210. The van der Waals surface area contributed by atoms with E-state index < -0.39 is 0 Å². The first-order valence-corrected chi connectivity index (χ1v) is 8.25. The van der Waals surface area contributed by atoms with E-state index in [1.54, 1.807) is 12.1 Å². The van der Waals surface area contributed by atoms with Crippen LogP contribution in [0.4, 0.5) is 0 Å². The minimum absolute atomic E-state index is 0.210. The topological polar surface area (TPSA) is 34.4 Å². The molecule has 116 valence electrons. The lowest BCUT2D eigenvalue weighted by Crippen LogP contribution is -2.14. The van der Waals surface area contributed by atoms with Crippen LogP contribution in [0.3, 0.4) is 0 Å². The number of benzene rings is 2. The van der Waals surface area contributed by atoms with Crippen LogP contribution in [-0.2, 0) is 7.05 Å². The van der Waals surface area contributed by atoms with Gasteiger partial charge in [0, 0.05) is 17.5 Å². The van der Waals surface area contributed by atoms with Crippen LogP contribution in [0.15, 0.2) is 59.6 Å². The molecule has 0 bridgehead atoms. The van der Waals surface area contributed by atoms with Crippen LogP contribution in [0, 0.1) is 13.8 Å². The summed E-state index contributed by atoms with van der Waals surface area (Å²) >= 11 is 1.54. The Labute approximate surface area is 139 Å². The molecule has 0 atom stereocenters. The molecular weight excluding hydrogens is 304 g/mol. The standard InChI is InChI=1S/C19H18N2OS/c1-13-9-11-15(12-10-13)17-14(2)23-19(21(17)3)20-18(22)16-7-5-4-6-8-16/h4-12H,1-3H3. The Balaban J connectivity index is 2.06. The van der Waals surface area contributed by atoms with Crippen molar-refractivity contribution in [3.05, 3.63) is 75.4 Å². The predicted molar refractivity (Wildman–Crippen MR) is 94.5 cm³/mol. The molecule has 0 fully saturated rings. The first-order chi connectivity index (χ1) is 11.1. The van der Waals surface area contributed by atoms with Gasteiger partial charge in [0.25, 0.3) is 5.91 Å². The maximum Gasteiger partial charge on any atom is 0.279 e. The summed E-state index contributed by atoms with van der Waals surface area (Å²) in [6, 6.07) is 17.6. The van der Waals surface area contributed by atoms with E-state index in [0.717, 1.165) is 16.1 Å². The Kier molecular flexibility index (Phi) is 4.26. The van der Waals surface area contributed by atoms with E-state index in [1.807, 2.05) is 29.8 Å². The molecule has 1 amide bonds. The summed E-state index contributed by atoms with van der Waals surface area (Å²) in [6.07, 6.45) is 0. The molecular formula is C19H18N2OS. The summed E-state index contributed by atoms with van der Waals surface area (Å²) in [4.78, 5) is 18.5. The molecule has 0 saturated heterocycles. The van der Waals surface area contributed by atoms with Crippen LogP contribution in [0.1, 0.15) is 20.8 Å². The summed E-state index contributed by atoms with van der Waals surface area (Å²) < 4.78 is 1.99. The molecule has 1 heterocycles. The third-order valence-corrected chi connectivity index (χ3v) is 4.79. The minimum Gasteiger partial charge on any atom is -0.319 e. The number of nitrogens with zero attached hydrogens (tertiary/aromatic N) is 2. The molecule has 2 aromatic carbocycles. The van der Waals surface area contributed by atoms with E-state index in [4.69, 9.17) is 0 Å². The van der Waals surface area contributed by atoms with Crippen molar-refractivity contribution in [2.45, 2.75) is 13.8 Å². The van der Waals surface area contributed by atoms with E-state index in [0.29, 0.717) is 10.4 Å². The summed E-state index contributed by atoms with van der Waals surface area (Å²) in [5.41, 5.74) is 4.08. The summed E-state index contributed by atoms with van der Waals surface area (Å²) in [5, 5.41) is 0. The molecule has 0 aliphatic heterocycles. The van der Waals surface area contributed by atoms with Gasteiger partial charge < -0.3 is 4.57 Å². The first kappa shape index (κ1) is 15.4. The van der Waals surface area contributed by atoms with Gasteiger partial charge in [0.1, 0.15) is 0 Å². The molecule has 0 aliphatic rings. The quantitative estimate of drug-likeness (QED) is 0.699. The van der Waals surface area contributed by atoms with Crippen LogP contribution in [0.25, 0.3) is 11.3 Å². The highest BCUT2D eigenvalue weighted by atomic mass is 32.1. The van der Waals surface area contributed by atoms with Gasteiger partial charge in [-0.25, -0.2) is 0 Å². The molecule has 3 aromatic rings. The van der Waals surface area contributed by atoms with Gasteiger partial charge in [-0.2, -0.15) is 4.99 Å². The second-order valence-corrected chi connectivity index (χ2v) is 6.68. The van der Waals surface area contributed by atoms with Crippen molar-refractivity contribution in [1.82, 2.24) is 4.57 Å². The molecule has 0 aliphatic carbocycles. The van der Waals surface area contributed by atoms with Crippen molar-refractivity contribution in [2.75, 3.05) is 0 Å². The normalized spacial score (nSPS) is 11.7. The Morgan fingerprint density at radius 2 is 1.65 bits per heavy atom.